The molecule has 4 fully saturated rings. The molecule has 0 spiro atoms. The summed E-state index contributed by atoms with van der Waals surface area (Å²) in [5, 5.41) is 21.8. The molecule has 1 heterocycles. The lowest BCUT2D eigenvalue weighted by Crippen LogP contribution is -2.65. The third kappa shape index (κ3) is 2.63. The van der Waals surface area contributed by atoms with Gasteiger partial charge in [-0.25, -0.2) is 4.39 Å². The van der Waals surface area contributed by atoms with Crippen LogP contribution in [-0.4, -0.2) is 64.7 Å². The number of ketones is 2. The lowest BCUT2D eigenvalue weighted by atomic mass is 9.39. The van der Waals surface area contributed by atoms with E-state index in [2.05, 4.69) is 32.6 Å². The van der Waals surface area contributed by atoms with Crippen molar-refractivity contribution in [3.05, 3.63) is 23.8 Å². The van der Waals surface area contributed by atoms with Crippen LogP contribution in [0.3, 0.4) is 0 Å². The summed E-state index contributed by atoms with van der Waals surface area (Å²) in [4.78, 5) is 27.9. The average molecular weight is 460 g/mol. The standard InChI is InChI=1S/C27H38FNO4/c1-15(2)29-12-16-10-25(4)19-9-20(28)18-8-17(31)6-7-24(18,3)23(19)21(32)11-26(25,5)27(16,14-29)22(33)13-30/h6-8,15-16,19-21,23,30,32H,9-14H2,1-5H3. The van der Waals surface area contributed by atoms with Crippen molar-refractivity contribution in [2.75, 3.05) is 19.7 Å². The predicted octanol–water partition coefficient (Wildman–Crippen LogP) is 3.10. The van der Waals surface area contributed by atoms with Crippen molar-refractivity contribution in [1.29, 1.82) is 0 Å². The average Bonchev–Trinajstić information content (AvgIpc) is 3.21. The third-order valence-corrected chi connectivity index (χ3v) is 11.2. The lowest BCUT2D eigenvalue weighted by molar-refractivity contribution is -0.190. The van der Waals surface area contributed by atoms with Crippen molar-refractivity contribution in [3.63, 3.8) is 0 Å². The van der Waals surface area contributed by atoms with E-state index in [0.29, 0.717) is 18.5 Å². The summed E-state index contributed by atoms with van der Waals surface area (Å²) in [5.41, 5.74) is -1.87. The summed E-state index contributed by atoms with van der Waals surface area (Å²) in [6, 6.07) is 0.288. The second kappa shape index (κ2) is 7.08. The van der Waals surface area contributed by atoms with Crippen molar-refractivity contribution in [1.82, 2.24) is 4.90 Å². The first kappa shape index (κ1) is 23.4. The van der Waals surface area contributed by atoms with Gasteiger partial charge in [0.15, 0.2) is 11.6 Å². The monoisotopic (exact) mass is 459 g/mol. The number of Topliss-reactive ketones (excluding diaryl/α,β-unsaturated/α-hetero) is 1. The highest BCUT2D eigenvalue weighted by Gasteiger charge is 2.78. The number of fused-ring (bicyclic) bond motifs is 7. The minimum absolute atomic E-state index is 0.0757. The van der Waals surface area contributed by atoms with Crippen LogP contribution in [0.2, 0.25) is 0 Å². The Balaban J connectivity index is 1.64. The maximum absolute atomic E-state index is 15.7. The number of allylic oxidation sites excluding steroid dienone is 4. The van der Waals surface area contributed by atoms with Gasteiger partial charge in [-0.05, 0) is 73.5 Å². The van der Waals surface area contributed by atoms with Crippen molar-refractivity contribution in [3.8, 4) is 0 Å². The van der Waals surface area contributed by atoms with Gasteiger partial charge >= 0.3 is 0 Å². The molecule has 1 saturated heterocycles. The third-order valence-electron chi connectivity index (χ3n) is 11.2. The van der Waals surface area contributed by atoms with Crippen molar-refractivity contribution >= 4 is 11.6 Å². The summed E-state index contributed by atoms with van der Waals surface area (Å²) >= 11 is 0. The van der Waals surface area contributed by atoms with Crippen LogP contribution >= 0.6 is 0 Å². The molecule has 9 unspecified atom stereocenters. The van der Waals surface area contributed by atoms with Crippen LogP contribution in [0.1, 0.15) is 53.9 Å². The van der Waals surface area contributed by atoms with Gasteiger partial charge in [-0.15, -0.1) is 0 Å². The van der Waals surface area contributed by atoms with E-state index in [9.17, 15) is 19.8 Å². The van der Waals surface area contributed by atoms with Gasteiger partial charge in [-0.3, -0.25) is 14.5 Å². The zero-order chi connectivity index (χ0) is 24.1. The highest BCUT2D eigenvalue weighted by Crippen LogP contribution is 2.77. The zero-order valence-corrected chi connectivity index (χ0v) is 20.5. The van der Waals surface area contributed by atoms with Crippen LogP contribution in [0, 0.1) is 39.4 Å². The molecule has 5 aliphatic rings. The maximum atomic E-state index is 15.7. The molecule has 0 amide bonds. The molecule has 0 aromatic carbocycles. The van der Waals surface area contributed by atoms with E-state index in [0.717, 1.165) is 13.0 Å². The molecule has 3 saturated carbocycles. The second-order valence-corrected chi connectivity index (χ2v) is 12.5. The van der Waals surface area contributed by atoms with Gasteiger partial charge in [-0.2, -0.15) is 0 Å². The molecule has 4 aliphatic carbocycles. The molecule has 9 atom stereocenters. The Morgan fingerprint density at radius 2 is 1.97 bits per heavy atom. The molecule has 0 aromatic heterocycles. The van der Waals surface area contributed by atoms with E-state index >= 15 is 4.39 Å². The lowest BCUT2D eigenvalue weighted by Gasteiger charge is -2.65. The number of alkyl halides is 1. The molecular formula is C27H38FNO4. The molecular weight excluding hydrogens is 421 g/mol. The Bertz CT molecular complexity index is 960. The van der Waals surface area contributed by atoms with Gasteiger partial charge in [0, 0.05) is 30.5 Å². The Labute approximate surface area is 196 Å². The Hall–Kier alpha value is -1.37. The van der Waals surface area contributed by atoms with Crippen LogP contribution in [0.25, 0.3) is 0 Å². The number of halogens is 1. The number of rotatable bonds is 3. The number of hydrogen-bond donors (Lipinski definition) is 2. The molecule has 0 bridgehead atoms. The second-order valence-electron chi connectivity index (χ2n) is 12.5. The molecule has 182 valence electrons. The van der Waals surface area contributed by atoms with E-state index in [1.165, 1.54) is 12.2 Å². The molecule has 33 heavy (non-hydrogen) atoms. The molecule has 2 N–H and O–H groups in total. The highest BCUT2D eigenvalue weighted by atomic mass is 19.1. The fraction of sp³-hybridized carbons (Fsp3) is 0.778. The van der Waals surface area contributed by atoms with Crippen molar-refractivity contribution in [2.24, 2.45) is 39.4 Å². The van der Waals surface area contributed by atoms with E-state index in [1.807, 2.05) is 13.0 Å². The minimum Gasteiger partial charge on any atom is -0.393 e. The number of likely N-dealkylation sites (tertiary alicyclic amines) is 1. The van der Waals surface area contributed by atoms with Gasteiger partial charge in [-0.1, -0.05) is 26.8 Å². The van der Waals surface area contributed by atoms with Crippen LogP contribution in [0.4, 0.5) is 4.39 Å². The number of aliphatic hydroxyl groups is 2. The van der Waals surface area contributed by atoms with Crippen molar-refractivity contribution < 1.29 is 24.2 Å². The zero-order valence-electron chi connectivity index (χ0n) is 20.5. The van der Waals surface area contributed by atoms with E-state index in [1.54, 1.807) is 0 Å². The Kier molecular flexibility index (Phi) is 5.02. The molecule has 5 rings (SSSR count). The van der Waals surface area contributed by atoms with Gasteiger partial charge in [0.1, 0.15) is 12.8 Å². The molecule has 1 aliphatic heterocycles. The SMILES string of the molecule is CC(C)N1CC2CC3(C)C4CC(F)C5=CC(=O)C=CC5(C)C4C(O)CC3(C)C2(C(=O)CO)C1. The number of carbonyl (C=O) groups is 2. The first-order valence-corrected chi connectivity index (χ1v) is 12.5. The number of nitrogens with zero attached hydrogens (tertiary/aromatic N) is 1. The van der Waals surface area contributed by atoms with E-state index < -0.39 is 35.1 Å². The normalized spacial score (nSPS) is 51.1. The smallest absolute Gasteiger partial charge is 0.178 e. The maximum Gasteiger partial charge on any atom is 0.178 e. The van der Waals surface area contributed by atoms with E-state index in [4.69, 9.17) is 0 Å². The minimum atomic E-state index is -1.24. The quantitative estimate of drug-likeness (QED) is 0.678. The topological polar surface area (TPSA) is 77.8 Å². The highest BCUT2D eigenvalue weighted by molar-refractivity contribution is 6.01. The van der Waals surface area contributed by atoms with Gasteiger partial charge < -0.3 is 10.2 Å². The van der Waals surface area contributed by atoms with Crippen LogP contribution in [0.15, 0.2) is 23.8 Å². The van der Waals surface area contributed by atoms with Crippen LogP contribution in [0.5, 0.6) is 0 Å². The molecule has 5 nitrogen and oxygen atoms in total. The Morgan fingerprint density at radius 1 is 1.27 bits per heavy atom. The molecule has 0 aromatic rings. The Morgan fingerprint density at radius 3 is 2.61 bits per heavy atom. The van der Waals surface area contributed by atoms with Gasteiger partial charge in [0.2, 0.25) is 0 Å². The number of aliphatic hydroxyl groups excluding tert-OH is 2. The summed E-state index contributed by atoms with van der Waals surface area (Å²) in [7, 11) is 0. The van der Waals surface area contributed by atoms with Crippen LogP contribution < -0.4 is 0 Å². The molecule has 6 heteroatoms. The number of hydrogen-bond acceptors (Lipinski definition) is 5. The summed E-state index contributed by atoms with van der Waals surface area (Å²) in [6.07, 6.45) is 4.30. The first-order valence-electron chi connectivity index (χ1n) is 12.5. The summed E-state index contributed by atoms with van der Waals surface area (Å²) in [6.45, 7) is 11.4. The van der Waals surface area contributed by atoms with E-state index in [-0.39, 0.29) is 47.2 Å². The van der Waals surface area contributed by atoms with Crippen molar-refractivity contribution in [2.45, 2.75) is 72.2 Å². The largest absolute Gasteiger partial charge is 0.393 e. The summed E-state index contributed by atoms with van der Waals surface area (Å²) in [5.74, 6) is -0.578. The van der Waals surface area contributed by atoms with Gasteiger partial charge in [0.25, 0.3) is 0 Å². The predicted molar refractivity (Wildman–Crippen MR) is 123 cm³/mol. The summed E-state index contributed by atoms with van der Waals surface area (Å²) < 4.78 is 15.7. The first-order chi connectivity index (χ1) is 15.4. The fourth-order valence-electron chi connectivity index (χ4n) is 9.42. The van der Waals surface area contributed by atoms with Crippen LogP contribution in [-0.2, 0) is 9.59 Å². The molecule has 0 radical (unpaired) electrons. The fourth-order valence-corrected chi connectivity index (χ4v) is 9.42. The van der Waals surface area contributed by atoms with Gasteiger partial charge in [0.05, 0.1) is 11.5 Å². The number of carbonyl (C=O) groups excluding carboxylic acids is 2.